The second-order valence-electron chi connectivity index (χ2n) is 4.90. The van der Waals surface area contributed by atoms with Crippen LogP contribution in [-0.2, 0) is 14.3 Å². The molecule has 0 aromatic heterocycles. The quantitative estimate of drug-likeness (QED) is 0.772. The van der Waals surface area contributed by atoms with Gasteiger partial charge >= 0.3 is 6.18 Å². The van der Waals surface area contributed by atoms with Gasteiger partial charge < -0.3 is 15.0 Å². The van der Waals surface area contributed by atoms with Gasteiger partial charge in [-0.25, -0.2) is 0 Å². The molecule has 1 saturated heterocycles. The number of rotatable bonds is 5. The number of carbonyl (C=O) groups excluding carboxylic acids is 2. The molecule has 1 rings (SSSR count). The van der Waals surface area contributed by atoms with E-state index in [0.717, 1.165) is 0 Å². The zero-order chi connectivity index (χ0) is 15.3. The van der Waals surface area contributed by atoms with Crippen LogP contribution in [0.15, 0.2) is 0 Å². The minimum Gasteiger partial charge on any atom is -0.372 e. The summed E-state index contributed by atoms with van der Waals surface area (Å²) in [7, 11) is 0. The molecule has 0 radical (unpaired) electrons. The van der Waals surface area contributed by atoms with Crippen molar-refractivity contribution in [2.45, 2.75) is 44.9 Å². The maximum absolute atomic E-state index is 12.0. The molecule has 0 bridgehead atoms. The van der Waals surface area contributed by atoms with E-state index in [0.29, 0.717) is 6.42 Å². The molecular weight excluding hydrogens is 277 g/mol. The molecule has 20 heavy (non-hydrogen) atoms. The Morgan fingerprint density at radius 1 is 1.35 bits per heavy atom. The van der Waals surface area contributed by atoms with Gasteiger partial charge in [-0.2, -0.15) is 13.2 Å². The van der Waals surface area contributed by atoms with Crippen LogP contribution in [0.3, 0.4) is 0 Å². The van der Waals surface area contributed by atoms with Crippen molar-refractivity contribution in [1.29, 1.82) is 0 Å². The van der Waals surface area contributed by atoms with E-state index in [4.69, 9.17) is 0 Å². The summed E-state index contributed by atoms with van der Waals surface area (Å²) in [6, 6.07) is -0.876. The highest BCUT2D eigenvalue weighted by Crippen LogP contribution is 2.15. The average Bonchev–Trinajstić information content (AvgIpc) is 2.38. The summed E-state index contributed by atoms with van der Waals surface area (Å²) < 4.78 is 40.1. The molecule has 0 aliphatic carbocycles. The summed E-state index contributed by atoms with van der Waals surface area (Å²) in [4.78, 5) is 25.0. The van der Waals surface area contributed by atoms with E-state index in [2.05, 4.69) is 10.1 Å². The Balaban J connectivity index is 2.40. The molecule has 2 unspecified atom stereocenters. The largest absolute Gasteiger partial charge is 0.411 e. The van der Waals surface area contributed by atoms with Crippen LogP contribution in [0.4, 0.5) is 13.2 Å². The Morgan fingerprint density at radius 2 is 2.00 bits per heavy atom. The molecule has 1 fully saturated rings. The predicted molar refractivity (Wildman–Crippen MR) is 64.9 cm³/mol. The molecule has 116 valence electrons. The Labute approximate surface area is 115 Å². The highest BCUT2D eigenvalue weighted by molar-refractivity contribution is 5.90. The van der Waals surface area contributed by atoms with Gasteiger partial charge in [0.25, 0.3) is 0 Å². The highest BCUT2D eigenvalue weighted by Gasteiger charge is 2.31. The number of amides is 2. The Morgan fingerprint density at radius 3 is 2.60 bits per heavy atom. The lowest BCUT2D eigenvalue weighted by atomic mass is 10.2. The molecule has 1 aliphatic rings. The van der Waals surface area contributed by atoms with Gasteiger partial charge in [0.05, 0.1) is 0 Å². The topological polar surface area (TPSA) is 58.6 Å². The third-order valence-corrected chi connectivity index (χ3v) is 3.00. The molecule has 8 heteroatoms. The van der Waals surface area contributed by atoms with Gasteiger partial charge in [0.1, 0.15) is 12.6 Å². The van der Waals surface area contributed by atoms with E-state index in [1.54, 1.807) is 13.8 Å². The normalized spacial score (nSPS) is 24.6. The molecule has 5 nitrogen and oxygen atoms in total. The van der Waals surface area contributed by atoms with Gasteiger partial charge in [0.2, 0.25) is 11.8 Å². The number of alkyl halides is 3. The summed E-state index contributed by atoms with van der Waals surface area (Å²) in [5.41, 5.74) is 0. The first-order chi connectivity index (χ1) is 9.20. The zero-order valence-corrected chi connectivity index (χ0v) is 11.5. The van der Waals surface area contributed by atoms with Gasteiger partial charge in [-0.05, 0) is 20.3 Å². The third-order valence-electron chi connectivity index (χ3n) is 3.00. The number of nitrogens with zero attached hydrogens (tertiary/aromatic N) is 1. The van der Waals surface area contributed by atoms with Gasteiger partial charge in [-0.15, -0.1) is 0 Å². The maximum atomic E-state index is 12.0. The van der Waals surface area contributed by atoms with Crippen LogP contribution in [-0.4, -0.2) is 54.7 Å². The van der Waals surface area contributed by atoms with Crippen molar-refractivity contribution in [1.82, 2.24) is 10.2 Å². The average molecular weight is 296 g/mol. The molecular formula is C12H19F3N2O3. The van der Waals surface area contributed by atoms with Gasteiger partial charge in [-0.3, -0.25) is 9.59 Å². The molecule has 1 heterocycles. The number of carbonyl (C=O) groups is 2. The van der Waals surface area contributed by atoms with E-state index in [-0.39, 0.29) is 37.4 Å². The molecule has 0 aromatic rings. The first-order valence-electron chi connectivity index (χ1n) is 6.45. The molecule has 0 spiro atoms. The Kier molecular flexibility index (Phi) is 5.79. The molecule has 0 aromatic carbocycles. The second kappa shape index (κ2) is 6.92. The van der Waals surface area contributed by atoms with Crippen LogP contribution in [0.25, 0.3) is 0 Å². The van der Waals surface area contributed by atoms with E-state index < -0.39 is 18.8 Å². The first kappa shape index (κ1) is 16.7. The van der Waals surface area contributed by atoms with Crippen molar-refractivity contribution in [3.05, 3.63) is 0 Å². The van der Waals surface area contributed by atoms with Crippen molar-refractivity contribution in [2.75, 3.05) is 19.8 Å². The van der Waals surface area contributed by atoms with E-state index in [1.807, 2.05) is 0 Å². The summed E-state index contributed by atoms with van der Waals surface area (Å²) in [5.74, 6) is -0.423. The fourth-order valence-electron chi connectivity index (χ4n) is 2.06. The van der Waals surface area contributed by atoms with Crippen LogP contribution in [0, 0.1) is 0 Å². The number of hydrogen-bond donors (Lipinski definition) is 1. The lowest BCUT2D eigenvalue weighted by Gasteiger charge is -2.27. The van der Waals surface area contributed by atoms with Gasteiger partial charge in [0.15, 0.2) is 0 Å². The lowest BCUT2D eigenvalue weighted by molar-refractivity contribution is -0.174. The summed E-state index contributed by atoms with van der Waals surface area (Å²) in [5, 5.41) is 2.56. The standard InChI is InChI=1S/C12H19F3N2O3/c1-8-6-10(18)16-9(2)11(19)17(8)4-3-5-20-7-12(13,14)15/h8-9H,3-7H2,1-2H3,(H,16,18). The summed E-state index contributed by atoms with van der Waals surface area (Å²) >= 11 is 0. The highest BCUT2D eigenvalue weighted by atomic mass is 19.4. The van der Waals surface area contributed by atoms with E-state index in [1.165, 1.54) is 4.90 Å². The number of halogens is 3. The third kappa shape index (κ3) is 5.36. The monoisotopic (exact) mass is 296 g/mol. The Hall–Kier alpha value is -1.31. The van der Waals surface area contributed by atoms with Crippen molar-refractivity contribution < 1.29 is 27.5 Å². The zero-order valence-electron chi connectivity index (χ0n) is 11.5. The number of nitrogens with one attached hydrogen (secondary N) is 1. The van der Waals surface area contributed by atoms with Gasteiger partial charge in [-0.1, -0.05) is 0 Å². The number of hydrogen-bond acceptors (Lipinski definition) is 3. The summed E-state index contributed by atoms with van der Waals surface area (Å²) in [6.07, 6.45) is -3.84. The number of ether oxygens (including phenoxy) is 1. The molecule has 0 saturated carbocycles. The van der Waals surface area contributed by atoms with E-state index in [9.17, 15) is 22.8 Å². The smallest absolute Gasteiger partial charge is 0.372 e. The fourth-order valence-corrected chi connectivity index (χ4v) is 2.06. The lowest BCUT2D eigenvalue weighted by Crippen LogP contribution is -2.45. The molecule has 2 atom stereocenters. The fraction of sp³-hybridized carbons (Fsp3) is 0.833. The SMILES string of the molecule is CC1NC(=O)CC(C)N(CCCOCC(F)(F)F)C1=O. The van der Waals surface area contributed by atoms with Crippen molar-refractivity contribution in [3.63, 3.8) is 0 Å². The second-order valence-corrected chi connectivity index (χ2v) is 4.90. The summed E-state index contributed by atoms with van der Waals surface area (Å²) in [6.45, 7) is 2.24. The minimum absolute atomic E-state index is 0.0776. The molecule has 2 amide bonds. The van der Waals surface area contributed by atoms with Crippen LogP contribution < -0.4 is 5.32 Å². The van der Waals surface area contributed by atoms with Crippen molar-refractivity contribution in [3.8, 4) is 0 Å². The minimum atomic E-state index is -4.34. The Bertz CT molecular complexity index is 360. The van der Waals surface area contributed by atoms with Crippen LogP contribution in [0.2, 0.25) is 0 Å². The van der Waals surface area contributed by atoms with Crippen LogP contribution in [0.5, 0.6) is 0 Å². The molecule has 1 N–H and O–H groups in total. The van der Waals surface area contributed by atoms with Gasteiger partial charge in [0, 0.05) is 25.6 Å². The first-order valence-corrected chi connectivity index (χ1v) is 6.45. The maximum Gasteiger partial charge on any atom is 0.411 e. The van der Waals surface area contributed by atoms with E-state index >= 15 is 0 Å². The van der Waals surface area contributed by atoms with Crippen molar-refractivity contribution >= 4 is 11.8 Å². The van der Waals surface area contributed by atoms with Crippen LogP contribution >= 0.6 is 0 Å². The van der Waals surface area contributed by atoms with Crippen LogP contribution in [0.1, 0.15) is 26.7 Å². The predicted octanol–water partition coefficient (Wildman–Crippen LogP) is 1.08. The van der Waals surface area contributed by atoms with Crippen molar-refractivity contribution in [2.24, 2.45) is 0 Å². The molecule has 1 aliphatic heterocycles.